The molecule has 108 valence electrons. The summed E-state index contributed by atoms with van der Waals surface area (Å²) in [5.74, 6) is 0.491. The first-order chi connectivity index (χ1) is 9.29. The molecule has 1 aromatic heterocycles. The van der Waals surface area contributed by atoms with Gasteiger partial charge in [0.1, 0.15) is 5.25 Å². The number of aromatic nitrogens is 2. The highest BCUT2D eigenvalue weighted by atomic mass is 32.2. The third-order valence-electron chi connectivity index (χ3n) is 3.29. The molecule has 0 spiro atoms. The van der Waals surface area contributed by atoms with E-state index in [1.807, 2.05) is 32.0 Å². The number of benzene rings is 1. The van der Waals surface area contributed by atoms with Crippen LogP contribution < -0.4 is 0 Å². The van der Waals surface area contributed by atoms with Crippen LogP contribution in [0.15, 0.2) is 22.6 Å². The summed E-state index contributed by atoms with van der Waals surface area (Å²) in [4.78, 5) is 0. The number of hydrogen-bond acceptors (Lipinski definition) is 5. The van der Waals surface area contributed by atoms with E-state index in [9.17, 15) is 8.42 Å². The molecule has 1 atom stereocenters. The van der Waals surface area contributed by atoms with E-state index in [4.69, 9.17) is 4.42 Å². The van der Waals surface area contributed by atoms with Crippen LogP contribution in [0.1, 0.15) is 40.6 Å². The standard InChI is InChI=1S/C14H18N2O3S/c1-9-5-6-10(2)13(7-9)8-20(17,18)11(3)14-16-15-12(4)19-14/h5-7,11H,8H2,1-4H3/t11-/m1/s1. The van der Waals surface area contributed by atoms with Crippen molar-refractivity contribution in [1.82, 2.24) is 10.2 Å². The first-order valence-corrected chi connectivity index (χ1v) is 8.09. The summed E-state index contributed by atoms with van der Waals surface area (Å²) in [5, 5.41) is 6.67. The summed E-state index contributed by atoms with van der Waals surface area (Å²) in [6, 6.07) is 5.80. The van der Waals surface area contributed by atoms with Gasteiger partial charge in [-0.3, -0.25) is 0 Å². The van der Waals surface area contributed by atoms with Crippen LogP contribution in [0.3, 0.4) is 0 Å². The Bertz CT molecular complexity index is 720. The van der Waals surface area contributed by atoms with Gasteiger partial charge in [0.25, 0.3) is 0 Å². The molecule has 1 heterocycles. The Kier molecular flexibility index (Phi) is 3.94. The number of sulfone groups is 1. The first-order valence-electron chi connectivity index (χ1n) is 6.37. The van der Waals surface area contributed by atoms with E-state index in [1.165, 1.54) is 0 Å². The molecule has 0 aliphatic rings. The molecule has 0 N–H and O–H groups in total. The Hall–Kier alpha value is -1.69. The fourth-order valence-electron chi connectivity index (χ4n) is 1.93. The van der Waals surface area contributed by atoms with Gasteiger partial charge < -0.3 is 4.42 Å². The van der Waals surface area contributed by atoms with Crippen molar-refractivity contribution in [3.8, 4) is 0 Å². The minimum absolute atomic E-state index is 0.0247. The molecule has 0 bridgehead atoms. The predicted molar refractivity (Wildman–Crippen MR) is 76.0 cm³/mol. The van der Waals surface area contributed by atoms with E-state index in [1.54, 1.807) is 13.8 Å². The maximum atomic E-state index is 12.4. The van der Waals surface area contributed by atoms with Gasteiger partial charge >= 0.3 is 0 Å². The van der Waals surface area contributed by atoms with Crippen LogP contribution in [-0.2, 0) is 15.6 Å². The van der Waals surface area contributed by atoms with Crippen LogP contribution in [-0.4, -0.2) is 18.6 Å². The number of rotatable bonds is 4. The largest absolute Gasteiger partial charge is 0.424 e. The summed E-state index contributed by atoms with van der Waals surface area (Å²) in [5.41, 5.74) is 2.82. The summed E-state index contributed by atoms with van der Waals surface area (Å²) in [6.45, 7) is 7.07. The fraction of sp³-hybridized carbons (Fsp3) is 0.429. The Balaban J connectivity index is 2.29. The van der Waals surface area contributed by atoms with Crippen molar-refractivity contribution in [3.63, 3.8) is 0 Å². The lowest BCUT2D eigenvalue weighted by molar-refractivity contribution is 0.461. The summed E-state index contributed by atoms with van der Waals surface area (Å²) in [6.07, 6.45) is 0. The van der Waals surface area contributed by atoms with Gasteiger partial charge in [-0.15, -0.1) is 10.2 Å². The van der Waals surface area contributed by atoms with Crippen molar-refractivity contribution < 1.29 is 12.8 Å². The second-order valence-corrected chi connectivity index (χ2v) is 7.36. The molecular weight excluding hydrogens is 276 g/mol. The molecule has 0 saturated heterocycles. The molecule has 0 unspecified atom stereocenters. The summed E-state index contributed by atoms with van der Waals surface area (Å²) in [7, 11) is -3.39. The molecular formula is C14H18N2O3S. The number of hydrogen-bond donors (Lipinski definition) is 0. The highest BCUT2D eigenvalue weighted by Gasteiger charge is 2.28. The van der Waals surface area contributed by atoms with Gasteiger partial charge in [0.2, 0.25) is 11.8 Å². The summed E-state index contributed by atoms with van der Waals surface area (Å²) >= 11 is 0. The van der Waals surface area contributed by atoms with Crippen LogP contribution >= 0.6 is 0 Å². The zero-order valence-electron chi connectivity index (χ0n) is 12.0. The van der Waals surface area contributed by atoms with Crippen LogP contribution in [0, 0.1) is 20.8 Å². The van der Waals surface area contributed by atoms with E-state index >= 15 is 0 Å². The Labute approximate surface area is 119 Å². The molecule has 0 saturated carbocycles. The number of nitrogens with zero attached hydrogens (tertiary/aromatic N) is 2. The van der Waals surface area contributed by atoms with Crippen molar-refractivity contribution in [2.24, 2.45) is 0 Å². The third kappa shape index (κ3) is 3.07. The lowest BCUT2D eigenvalue weighted by atomic mass is 10.1. The molecule has 2 rings (SSSR count). The molecule has 0 amide bonds. The van der Waals surface area contributed by atoms with E-state index in [0.29, 0.717) is 5.89 Å². The Morgan fingerprint density at radius 2 is 1.90 bits per heavy atom. The van der Waals surface area contributed by atoms with Gasteiger partial charge in [-0.25, -0.2) is 8.42 Å². The van der Waals surface area contributed by atoms with Crippen molar-refractivity contribution in [3.05, 3.63) is 46.7 Å². The average molecular weight is 294 g/mol. The smallest absolute Gasteiger partial charge is 0.234 e. The van der Waals surface area contributed by atoms with Gasteiger partial charge in [-0.2, -0.15) is 0 Å². The molecule has 0 aliphatic heterocycles. The molecule has 1 aromatic carbocycles. The minimum Gasteiger partial charge on any atom is -0.424 e. The van der Waals surface area contributed by atoms with Crippen LogP contribution in [0.2, 0.25) is 0 Å². The van der Waals surface area contributed by atoms with Crippen molar-refractivity contribution >= 4 is 9.84 Å². The Morgan fingerprint density at radius 1 is 1.20 bits per heavy atom. The fourth-order valence-corrected chi connectivity index (χ4v) is 3.32. The second-order valence-electron chi connectivity index (χ2n) is 5.04. The van der Waals surface area contributed by atoms with E-state index in [2.05, 4.69) is 10.2 Å². The lowest BCUT2D eigenvalue weighted by Crippen LogP contribution is -2.14. The van der Waals surface area contributed by atoms with Crippen LogP contribution in [0.5, 0.6) is 0 Å². The molecule has 2 aromatic rings. The Morgan fingerprint density at radius 3 is 2.50 bits per heavy atom. The highest BCUT2D eigenvalue weighted by molar-refractivity contribution is 7.90. The van der Waals surface area contributed by atoms with Gasteiger partial charge in [0.05, 0.1) is 5.75 Å². The van der Waals surface area contributed by atoms with Crippen LogP contribution in [0.4, 0.5) is 0 Å². The lowest BCUT2D eigenvalue weighted by Gasteiger charge is -2.11. The zero-order chi connectivity index (χ0) is 14.9. The summed E-state index contributed by atoms with van der Waals surface area (Å²) < 4.78 is 30.1. The van der Waals surface area contributed by atoms with E-state index in [0.717, 1.165) is 16.7 Å². The van der Waals surface area contributed by atoms with E-state index < -0.39 is 15.1 Å². The van der Waals surface area contributed by atoms with Crippen molar-refractivity contribution in [2.45, 2.75) is 38.7 Å². The topological polar surface area (TPSA) is 73.1 Å². The van der Waals surface area contributed by atoms with Gasteiger partial charge in [0, 0.05) is 6.92 Å². The quantitative estimate of drug-likeness (QED) is 0.866. The predicted octanol–water partition coefficient (Wildman–Crippen LogP) is 2.67. The highest BCUT2D eigenvalue weighted by Crippen LogP contribution is 2.25. The minimum atomic E-state index is -3.39. The normalized spacial score (nSPS) is 13.4. The van der Waals surface area contributed by atoms with Crippen molar-refractivity contribution in [2.75, 3.05) is 0 Å². The maximum absolute atomic E-state index is 12.4. The SMILES string of the molecule is Cc1ccc(C)c(CS(=O)(=O)[C@H](C)c2nnc(C)o2)c1. The van der Waals surface area contributed by atoms with E-state index in [-0.39, 0.29) is 11.6 Å². The molecule has 0 radical (unpaired) electrons. The second kappa shape index (κ2) is 5.36. The molecule has 5 nitrogen and oxygen atoms in total. The van der Waals surface area contributed by atoms with Gasteiger partial charge in [0.15, 0.2) is 9.84 Å². The zero-order valence-corrected chi connectivity index (χ0v) is 12.9. The molecule has 0 fully saturated rings. The number of aryl methyl sites for hydroxylation is 3. The maximum Gasteiger partial charge on any atom is 0.234 e. The van der Waals surface area contributed by atoms with Crippen LogP contribution in [0.25, 0.3) is 0 Å². The third-order valence-corrected chi connectivity index (χ3v) is 5.28. The average Bonchev–Trinajstić information content (AvgIpc) is 2.79. The molecule has 6 heteroatoms. The van der Waals surface area contributed by atoms with Gasteiger partial charge in [-0.1, -0.05) is 23.8 Å². The monoisotopic (exact) mass is 294 g/mol. The van der Waals surface area contributed by atoms with Crippen molar-refractivity contribution in [1.29, 1.82) is 0 Å². The molecule has 0 aliphatic carbocycles. The molecule has 20 heavy (non-hydrogen) atoms. The first kappa shape index (κ1) is 14.7. The van der Waals surface area contributed by atoms with Gasteiger partial charge in [-0.05, 0) is 31.9 Å².